The quantitative estimate of drug-likeness (QED) is 0.367. The smallest absolute Gasteiger partial charge is 0.270 e. The Kier molecular flexibility index (Phi) is 3.40. The number of hydrogen-bond donors (Lipinski definition) is 0. The first-order valence-electron chi connectivity index (χ1n) is 6.11. The van der Waals surface area contributed by atoms with Crippen LogP contribution in [0.15, 0.2) is 29.3 Å². The number of benzene rings is 1. The zero-order valence-electron chi connectivity index (χ0n) is 11.5. The first-order chi connectivity index (χ1) is 9.34. The number of nitro benzene ring substituents is 1. The van der Waals surface area contributed by atoms with Gasteiger partial charge >= 0.3 is 0 Å². The summed E-state index contributed by atoms with van der Waals surface area (Å²) in [6, 6.07) is 4.10. The van der Waals surface area contributed by atoms with Crippen molar-refractivity contribution in [3.05, 3.63) is 50.6 Å². The molecule has 1 aromatic rings. The second-order valence-corrected chi connectivity index (χ2v) is 4.93. The summed E-state index contributed by atoms with van der Waals surface area (Å²) in [5, 5.41) is 11.0. The molecule has 0 aromatic heterocycles. The molecule has 6 nitrogen and oxygen atoms in total. The minimum absolute atomic E-state index is 0.103. The van der Waals surface area contributed by atoms with Gasteiger partial charge in [-0.05, 0) is 26.8 Å². The van der Waals surface area contributed by atoms with Crippen molar-refractivity contribution >= 4 is 17.5 Å². The molecule has 104 valence electrons. The second kappa shape index (κ2) is 4.88. The fourth-order valence-corrected chi connectivity index (χ4v) is 2.01. The van der Waals surface area contributed by atoms with Crippen molar-refractivity contribution in [1.82, 2.24) is 4.90 Å². The SMILES string of the molecule is CC(C)=C(C)CN1C(=O)c2cccc([N+](=O)[O-])c2C1=O. The summed E-state index contributed by atoms with van der Waals surface area (Å²) in [6.07, 6.45) is 0. The van der Waals surface area contributed by atoms with Gasteiger partial charge in [-0.25, -0.2) is 0 Å². The third kappa shape index (κ3) is 2.09. The summed E-state index contributed by atoms with van der Waals surface area (Å²) in [5.74, 6) is -1.08. The molecular weight excluding hydrogens is 260 g/mol. The van der Waals surface area contributed by atoms with Crippen molar-refractivity contribution in [2.75, 3.05) is 6.54 Å². The van der Waals surface area contributed by atoms with Crippen LogP contribution in [0.5, 0.6) is 0 Å². The number of carbonyl (C=O) groups is 2. The molecular formula is C14H14N2O4. The number of hydrogen-bond acceptors (Lipinski definition) is 4. The van der Waals surface area contributed by atoms with E-state index in [0.717, 1.165) is 16.0 Å². The fourth-order valence-electron chi connectivity index (χ4n) is 2.01. The Morgan fingerprint density at radius 3 is 2.40 bits per heavy atom. The second-order valence-electron chi connectivity index (χ2n) is 4.93. The first-order valence-corrected chi connectivity index (χ1v) is 6.11. The molecule has 0 aliphatic carbocycles. The molecule has 1 aliphatic heterocycles. The van der Waals surface area contributed by atoms with Crippen LogP contribution in [-0.2, 0) is 0 Å². The van der Waals surface area contributed by atoms with E-state index >= 15 is 0 Å². The number of amides is 2. The lowest BCUT2D eigenvalue weighted by molar-refractivity contribution is -0.385. The zero-order valence-corrected chi connectivity index (χ0v) is 11.5. The van der Waals surface area contributed by atoms with Gasteiger partial charge in [-0.15, -0.1) is 0 Å². The Hall–Kier alpha value is -2.50. The van der Waals surface area contributed by atoms with Crippen molar-refractivity contribution in [1.29, 1.82) is 0 Å². The van der Waals surface area contributed by atoms with Gasteiger partial charge in [-0.2, -0.15) is 0 Å². The van der Waals surface area contributed by atoms with Crippen molar-refractivity contribution in [2.45, 2.75) is 20.8 Å². The molecule has 2 amide bonds. The highest BCUT2D eigenvalue weighted by Crippen LogP contribution is 2.31. The van der Waals surface area contributed by atoms with Crippen LogP contribution < -0.4 is 0 Å². The molecule has 0 saturated heterocycles. The number of imide groups is 1. The maximum absolute atomic E-state index is 12.3. The minimum Gasteiger partial charge on any atom is -0.270 e. The summed E-state index contributed by atoms with van der Waals surface area (Å²) < 4.78 is 0. The van der Waals surface area contributed by atoms with E-state index in [0.29, 0.717) is 0 Å². The van der Waals surface area contributed by atoms with Gasteiger partial charge in [-0.3, -0.25) is 24.6 Å². The van der Waals surface area contributed by atoms with Gasteiger partial charge in [0.05, 0.1) is 17.0 Å². The van der Waals surface area contributed by atoms with E-state index in [9.17, 15) is 19.7 Å². The number of rotatable bonds is 3. The van der Waals surface area contributed by atoms with Crippen LogP contribution in [0.3, 0.4) is 0 Å². The van der Waals surface area contributed by atoms with E-state index in [2.05, 4.69) is 0 Å². The maximum atomic E-state index is 12.3. The minimum atomic E-state index is -0.638. The molecule has 1 aliphatic rings. The monoisotopic (exact) mass is 274 g/mol. The van der Waals surface area contributed by atoms with Crippen molar-refractivity contribution in [2.24, 2.45) is 0 Å². The topological polar surface area (TPSA) is 80.5 Å². The van der Waals surface area contributed by atoms with Gasteiger partial charge in [0.2, 0.25) is 0 Å². The molecule has 2 rings (SSSR count). The van der Waals surface area contributed by atoms with Crippen LogP contribution in [0.1, 0.15) is 41.5 Å². The Labute approximate surface area is 115 Å². The molecule has 1 aromatic carbocycles. The third-order valence-electron chi connectivity index (χ3n) is 3.42. The van der Waals surface area contributed by atoms with Crippen LogP contribution >= 0.6 is 0 Å². The lowest BCUT2D eigenvalue weighted by atomic mass is 10.1. The summed E-state index contributed by atoms with van der Waals surface area (Å²) >= 11 is 0. The predicted molar refractivity (Wildman–Crippen MR) is 72.5 cm³/mol. The van der Waals surface area contributed by atoms with Crippen molar-refractivity contribution in [3.63, 3.8) is 0 Å². The van der Waals surface area contributed by atoms with E-state index in [1.807, 2.05) is 20.8 Å². The lowest BCUT2D eigenvalue weighted by Crippen LogP contribution is -2.31. The highest BCUT2D eigenvalue weighted by Gasteiger charge is 2.40. The van der Waals surface area contributed by atoms with Crippen LogP contribution in [0.25, 0.3) is 0 Å². The Morgan fingerprint density at radius 2 is 1.85 bits per heavy atom. The average molecular weight is 274 g/mol. The van der Waals surface area contributed by atoms with E-state index in [1.54, 1.807) is 0 Å². The molecule has 0 bridgehead atoms. The molecule has 0 unspecified atom stereocenters. The number of carbonyl (C=O) groups excluding carboxylic acids is 2. The van der Waals surface area contributed by atoms with Gasteiger partial charge in [0, 0.05) is 6.07 Å². The average Bonchev–Trinajstić information content (AvgIpc) is 2.63. The molecule has 0 saturated carbocycles. The summed E-state index contributed by atoms with van der Waals surface area (Å²) in [5.41, 5.74) is 1.58. The molecule has 0 fully saturated rings. The molecule has 0 spiro atoms. The Morgan fingerprint density at radius 1 is 1.20 bits per heavy atom. The van der Waals surface area contributed by atoms with Gasteiger partial charge in [0.25, 0.3) is 17.5 Å². The standard InChI is InChI=1S/C14H14N2O4/c1-8(2)9(3)7-15-13(17)10-5-4-6-11(16(19)20)12(10)14(15)18/h4-6H,7H2,1-3H3. The maximum Gasteiger partial charge on any atom is 0.282 e. The highest BCUT2D eigenvalue weighted by atomic mass is 16.6. The lowest BCUT2D eigenvalue weighted by Gasteiger charge is -2.15. The molecule has 0 atom stereocenters. The molecule has 0 radical (unpaired) electrons. The molecule has 20 heavy (non-hydrogen) atoms. The highest BCUT2D eigenvalue weighted by molar-refractivity contribution is 6.23. The van der Waals surface area contributed by atoms with Crippen LogP contribution in [0, 0.1) is 10.1 Å². The number of nitro groups is 1. The van der Waals surface area contributed by atoms with Crippen LogP contribution in [0.2, 0.25) is 0 Å². The number of allylic oxidation sites excluding steroid dienone is 1. The Bertz CT molecular complexity index is 657. The predicted octanol–water partition coefficient (Wildman–Crippen LogP) is 2.55. The fraction of sp³-hybridized carbons (Fsp3) is 0.286. The van der Waals surface area contributed by atoms with Gasteiger partial charge in [0.1, 0.15) is 5.56 Å². The van der Waals surface area contributed by atoms with E-state index in [-0.39, 0.29) is 23.4 Å². The summed E-state index contributed by atoms with van der Waals surface area (Å²) in [4.78, 5) is 35.9. The van der Waals surface area contributed by atoms with Gasteiger partial charge in [-0.1, -0.05) is 17.2 Å². The van der Waals surface area contributed by atoms with Crippen molar-refractivity contribution in [3.8, 4) is 0 Å². The summed E-state index contributed by atoms with van der Waals surface area (Å²) in [6.45, 7) is 5.75. The Balaban J connectivity index is 2.48. The van der Waals surface area contributed by atoms with Gasteiger partial charge < -0.3 is 0 Å². The van der Waals surface area contributed by atoms with Crippen LogP contribution in [-0.4, -0.2) is 28.2 Å². The van der Waals surface area contributed by atoms with E-state index in [4.69, 9.17) is 0 Å². The van der Waals surface area contributed by atoms with Crippen molar-refractivity contribution < 1.29 is 14.5 Å². The summed E-state index contributed by atoms with van der Waals surface area (Å²) in [7, 11) is 0. The number of fused-ring (bicyclic) bond motifs is 1. The number of nitrogens with zero attached hydrogens (tertiary/aromatic N) is 2. The van der Waals surface area contributed by atoms with E-state index in [1.165, 1.54) is 18.2 Å². The molecule has 0 N–H and O–H groups in total. The van der Waals surface area contributed by atoms with Gasteiger partial charge in [0.15, 0.2) is 0 Å². The largest absolute Gasteiger partial charge is 0.282 e. The normalized spacial score (nSPS) is 13.4. The first kappa shape index (κ1) is 13.9. The molecule has 1 heterocycles. The molecule has 6 heteroatoms. The van der Waals surface area contributed by atoms with E-state index < -0.39 is 16.7 Å². The third-order valence-corrected chi connectivity index (χ3v) is 3.42. The van der Waals surface area contributed by atoms with Crippen LogP contribution in [0.4, 0.5) is 5.69 Å². The zero-order chi connectivity index (χ0) is 15.0.